The largest absolute Gasteiger partial charge is 0.340 e. The standard InChI is InChI=1S/C17H22ClN3/c1-10(2)13-6-8-14(9-7-13)19-17-12(5)15(18)20-16(21-17)11(3)4/h6-11H,1-5H3,(H,19,20,21). The molecule has 0 aliphatic carbocycles. The number of nitrogens with zero attached hydrogens (tertiary/aromatic N) is 2. The summed E-state index contributed by atoms with van der Waals surface area (Å²) in [5, 5.41) is 3.85. The van der Waals surface area contributed by atoms with E-state index in [4.69, 9.17) is 11.6 Å². The fourth-order valence-electron chi connectivity index (χ4n) is 1.97. The number of hydrogen-bond acceptors (Lipinski definition) is 3. The predicted octanol–water partition coefficient (Wildman–Crippen LogP) is 5.43. The summed E-state index contributed by atoms with van der Waals surface area (Å²) in [6, 6.07) is 8.41. The molecule has 1 N–H and O–H groups in total. The van der Waals surface area contributed by atoms with Gasteiger partial charge in [-0.1, -0.05) is 51.4 Å². The second-order valence-corrected chi connectivity index (χ2v) is 6.26. The summed E-state index contributed by atoms with van der Waals surface area (Å²) < 4.78 is 0. The number of hydrogen-bond donors (Lipinski definition) is 1. The lowest BCUT2D eigenvalue weighted by Gasteiger charge is -2.13. The summed E-state index contributed by atoms with van der Waals surface area (Å²) in [5.41, 5.74) is 3.20. The van der Waals surface area contributed by atoms with Gasteiger partial charge >= 0.3 is 0 Å². The number of anilines is 2. The first kappa shape index (κ1) is 15.8. The van der Waals surface area contributed by atoms with Crippen LogP contribution in [0.5, 0.6) is 0 Å². The van der Waals surface area contributed by atoms with E-state index in [0.717, 1.165) is 22.9 Å². The molecule has 0 atom stereocenters. The lowest BCUT2D eigenvalue weighted by molar-refractivity contribution is 0.773. The van der Waals surface area contributed by atoms with Gasteiger partial charge in [-0.05, 0) is 30.5 Å². The molecule has 0 saturated carbocycles. The van der Waals surface area contributed by atoms with Gasteiger partial charge in [0, 0.05) is 17.2 Å². The van der Waals surface area contributed by atoms with Crippen LogP contribution in [0.3, 0.4) is 0 Å². The third kappa shape index (κ3) is 3.73. The summed E-state index contributed by atoms with van der Waals surface area (Å²) in [5.74, 6) is 2.30. The Morgan fingerprint density at radius 2 is 1.57 bits per heavy atom. The van der Waals surface area contributed by atoms with Gasteiger partial charge < -0.3 is 5.32 Å². The quantitative estimate of drug-likeness (QED) is 0.765. The van der Waals surface area contributed by atoms with E-state index in [1.807, 2.05) is 6.92 Å². The van der Waals surface area contributed by atoms with E-state index >= 15 is 0 Å². The minimum absolute atomic E-state index is 0.243. The molecular weight excluding hydrogens is 282 g/mol. The van der Waals surface area contributed by atoms with Crippen LogP contribution in [0.1, 0.15) is 56.5 Å². The van der Waals surface area contributed by atoms with Crippen molar-refractivity contribution in [3.05, 3.63) is 46.4 Å². The highest BCUT2D eigenvalue weighted by Crippen LogP contribution is 2.26. The van der Waals surface area contributed by atoms with Crippen LogP contribution in [0.2, 0.25) is 5.15 Å². The lowest BCUT2D eigenvalue weighted by Crippen LogP contribution is -2.05. The number of rotatable bonds is 4. The number of benzene rings is 1. The van der Waals surface area contributed by atoms with E-state index in [1.165, 1.54) is 5.56 Å². The Bertz CT molecular complexity index is 619. The van der Waals surface area contributed by atoms with E-state index < -0.39 is 0 Å². The third-order valence-electron chi connectivity index (χ3n) is 3.46. The Morgan fingerprint density at radius 3 is 2.10 bits per heavy atom. The second kappa shape index (κ2) is 6.44. The monoisotopic (exact) mass is 303 g/mol. The van der Waals surface area contributed by atoms with Gasteiger partial charge in [0.25, 0.3) is 0 Å². The van der Waals surface area contributed by atoms with Crippen molar-refractivity contribution in [2.24, 2.45) is 0 Å². The molecule has 0 fully saturated rings. The van der Waals surface area contributed by atoms with Crippen molar-refractivity contribution >= 4 is 23.1 Å². The van der Waals surface area contributed by atoms with Crippen LogP contribution < -0.4 is 5.32 Å². The van der Waals surface area contributed by atoms with Gasteiger partial charge in [0.2, 0.25) is 0 Å². The van der Waals surface area contributed by atoms with E-state index in [9.17, 15) is 0 Å². The smallest absolute Gasteiger partial charge is 0.138 e. The van der Waals surface area contributed by atoms with Crippen LogP contribution in [0.4, 0.5) is 11.5 Å². The van der Waals surface area contributed by atoms with Gasteiger partial charge in [0.1, 0.15) is 16.8 Å². The summed E-state index contributed by atoms with van der Waals surface area (Å²) in [6.07, 6.45) is 0. The van der Waals surface area contributed by atoms with Gasteiger partial charge in [0.05, 0.1) is 0 Å². The van der Waals surface area contributed by atoms with Crippen molar-refractivity contribution < 1.29 is 0 Å². The summed E-state index contributed by atoms with van der Waals surface area (Å²) in [7, 11) is 0. The maximum absolute atomic E-state index is 6.20. The van der Waals surface area contributed by atoms with Crippen molar-refractivity contribution in [1.82, 2.24) is 9.97 Å². The van der Waals surface area contributed by atoms with Crippen LogP contribution in [0.15, 0.2) is 24.3 Å². The average molecular weight is 304 g/mol. The molecule has 0 spiro atoms. The molecule has 0 amide bonds. The molecule has 0 bridgehead atoms. The maximum Gasteiger partial charge on any atom is 0.138 e. The SMILES string of the molecule is Cc1c(Cl)nc(C(C)C)nc1Nc1ccc(C(C)C)cc1. The molecule has 1 heterocycles. The fourth-order valence-corrected chi connectivity index (χ4v) is 2.15. The number of halogens is 1. The Kier molecular flexibility index (Phi) is 4.84. The van der Waals surface area contributed by atoms with Crippen molar-refractivity contribution in [3.8, 4) is 0 Å². The van der Waals surface area contributed by atoms with Crippen molar-refractivity contribution in [3.63, 3.8) is 0 Å². The molecule has 112 valence electrons. The van der Waals surface area contributed by atoms with Crippen LogP contribution in [-0.2, 0) is 0 Å². The molecule has 0 aliphatic heterocycles. The highest BCUT2D eigenvalue weighted by Gasteiger charge is 2.12. The molecule has 2 rings (SSSR count). The van der Waals surface area contributed by atoms with E-state index in [0.29, 0.717) is 11.1 Å². The van der Waals surface area contributed by atoms with Crippen molar-refractivity contribution in [1.29, 1.82) is 0 Å². The predicted molar refractivity (Wildman–Crippen MR) is 89.7 cm³/mol. The third-order valence-corrected chi connectivity index (χ3v) is 3.83. The first-order chi connectivity index (χ1) is 9.88. The highest BCUT2D eigenvalue weighted by molar-refractivity contribution is 6.30. The van der Waals surface area contributed by atoms with Gasteiger partial charge in [-0.2, -0.15) is 0 Å². The molecule has 3 nitrogen and oxygen atoms in total. The normalized spacial score (nSPS) is 11.2. The highest BCUT2D eigenvalue weighted by atomic mass is 35.5. The summed E-state index contributed by atoms with van der Waals surface area (Å²) in [6.45, 7) is 10.4. The minimum Gasteiger partial charge on any atom is -0.340 e. The molecule has 0 aliphatic rings. The summed E-state index contributed by atoms with van der Waals surface area (Å²) >= 11 is 6.20. The van der Waals surface area contributed by atoms with Crippen LogP contribution in [-0.4, -0.2) is 9.97 Å². The maximum atomic E-state index is 6.20. The molecular formula is C17H22ClN3. The van der Waals surface area contributed by atoms with Gasteiger partial charge in [-0.3, -0.25) is 0 Å². The molecule has 4 heteroatoms. The van der Waals surface area contributed by atoms with E-state index in [-0.39, 0.29) is 5.92 Å². The van der Waals surface area contributed by atoms with Crippen LogP contribution in [0, 0.1) is 6.92 Å². The van der Waals surface area contributed by atoms with Crippen LogP contribution in [0.25, 0.3) is 0 Å². The first-order valence-electron chi connectivity index (χ1n) is 7.29. The molecule has 0 unspecified atom stereocenters. The second-order valence-electron chi connectivity index (χ2n) is 5.90. The Labute approximate surface area is 131 Å². The van der Waals surface area contributed by atoms with Crippen molar-refractivity contribution in [2.75, 3.05) is 5.32 Å². The molecule has 21 heavy (non-hydrogen) atoms. The number of aromatic nitrogens is 2. The Morgan fingerprint density at radius 1 is 0.952 bits per heavy atom. The minimum atomic E-state index is 0.243. The molecule has 1 aromatic carbocycles. The van der Waals surface area contributed by atoms with Gasteiger partial charge in [0.15, 0.2) is 0 Å². The van der Waals surface area contributed by atoms with E-state index in [2.05, 4.69) is 67.2 Å². The average Bonchev–Trinajstić information content (AvgIpc) is 2.44. The Balaban J connectivity index is 2.30. The zero-order chi connectivity index (χ0) is 15.6. The van der Waals surface area contributed by atoms with Gasteiger partial charge in [-0.15, -0.1) is 0 Å². The summed E-state index contributed by atoms with van der Waals surface area (Å²) in [4.78, 5) is 8.90. The topological polar surface area (TPSA) is 37.8 Å². The van der Waals surface area contributed by atoms with Crippen LogP contribution >= 0.6 is 11.6 Å². The van der Waals surface area contributed by atoms with Gasteiger partial charge in [-0.25, -0.2) is 9.97 Å². The van der Waals surface area contributed by atoms with E-state index in [1.54, 1.807) is 0 Å². The Hall–Kier alpha value is -1.61. The first-order valence-corrected chi connectivity index (χ1v) is 7.67. The number of nitrogens with one attached hydrogen (secondary N) is 1. The molecule has 2 aromatic rings. The molecule has 1 aromatic heterocycles. The lowest BCUT2D eigenvalue weighted by atomic mass is 10.0. The zero-order valence-electron chi connectivity index (χ0n) is 13.2. The molecule has 0 radical (unpaired) electrons. The zero-order valence-corrected chi connectivity index (χ0v) is 14.0. The fraction of sp³-hybridized carbons (Fsp3) is 0.412. The molecule has 0 saturated heterocycles. The van der Waals surface area contributed by atoms with Crippen molar-refractivity contribution in [2.45, 2.75) is 46.5 Å².